The second kappa shape index (κ2) is 6.67. The van der Waals surface area contributed by atoms with Gasteiger partial charge < -0.3 is 5.32 Å². The number of fused-ring (bicyclic) bond motifs is 1. The third-order valence-corrected chi connectivity index (χ3v) is 3.93. The number of nitrogens with one attached hydrogen (secondary N) is 2. The lowest BCUT2D eigenvalue weighted by molar-refractivity contribution is 0.250. The van der Waals surface area contributed by atoms with E-state index in [4.69, 9.17) is 0 Å². The van der Waals surface area contributed by atoms with Crippen LogP contribution in [0.15, 0.2) is 61.4 Å². The number of imidazole rings is 1. The summed E-state index contributed by atoms with van der Waals surface area (Å²) in [6.45, 7) is 2.40. The molecule has 0 fully saturated rings. The first-order valence-electron chi connectivity index (χ1n) is 8.22. The van der Waals surface area contributed by atoms with Crippen molar-refractivity contribution >= 4 is 17.1 Å². The molecule has 0 spiro atoms. The quantitative estimate of drug-likeness (QED) is 0.594. The van der Waals surface area contributed by atoms with Crippen LogP contribution < -0.4 is 10.7 Å². The number of hydrogen-bond donors (Lipinski definition) is 2. The molecular formula is C18H17N7O. The van der Waals surface area contributed by atoms with E-state index in [1.165, 1.54) is 0 Å². The number of aromatic nitrogens is 5. The van der Waals surface area contributed by atoms with Crippen LogP contribution in [0, 0.1) is 0 Å². The normalized spacial score (nSPS) is 10.8. The standard InChI is InChI=1S/C18H17N7O/c1-2-20-18(26)23-25-12-21-15-9-14(13-5-3-6-19-11-13)10-16(17(15)25)24-8-4-7-22-24/h3-12H,2H2,1H3,(H2,20,23,26). The molecule has 0 unspecified atom stereocenters. The topological polar surface area (TPSA) is 89.7 Å². The van der Waals surface area contributed by atoms with Crippen LogP contribution in [-0.4, -0.2) is 37.0 Å². The highest BCUT2D eigenvalue weighted by atomic mass is 16.2. The van der Waals surface area contributed by atoms with Crippen molar-refractivity contribution in [1.29, 1.82) is 0 Å². The lowest BCUT2D eigenvalue weighted by Gasteiger charge is -2.12. The Kier molecular flexibility index (Phi) is 4.06. The molecule has 2 N–H and O–H groups in total. The maximum atomic E-state index is 11.9. The van der Waals surface area contributed by atoms with Crippen LogP contribution in [0.25, 0.3) is 27.8 Å². The van der Waals surface area contributed by atoms with E-state index in [1.807, 2.05) is 43.5 Å². The molecule has 4 aromatic rings. The van der Waals surface area contributed by atoms with Gasteiger partial charge in [-0.3, -0.25) is 4.98 Å². The number of urea groups is 1. The third kappa shape index (κ3) is 2.88. The number of carbonyl (C=O) groups is 1. The first kappa shape index (κ1) is 15.8. The van der Waals surface area contributed by atoms with E-state index in [9.17, 15) is 4.79 Å². The smallest absolute Gasteiger partial charge is 0.333 e. The maximum absolute atomic E-state index is 11.9. The molecule has 0 saturated carbocycles. The molecule has 0 bridgehead atoms. The molecule has 3 heterocycles. The number of benzene rings is 1. The molecule has 4 rings (SSSR count). The van der Waals surface area contributed by atoms with Crippen molar-refractivity contribution in [2.24, 2.45) is 0 Å². The molecule has 2 amide bonds. The van der Waals surface area contributed by atoms with Crippen molar-refractivity contribution in [3.63, 3.8) is 0 Å². The van der Waals surface area contributed by atoms with Gasteiger partial charge in [0.25, 0.3) is 0 Å². The molecule has 0 radical (unpaired) electrons. The van der Waals surface area contributed by atoms with Gasteiger partial charge in [0, 0.05) is 36.9 Å². The molecule has 0 aliphatic heterocycles. The second-order valence-electron chi connectivity index (χ2n) is 5.64. The molecule has 26 heavy (non-hydrogen) atoms. The Balaban J connectivity index is 1.89. The summed E-state index contributed by atoms with van der Waals surface area (Å²) in [5.74, 6) is 0. The summed E-state index contributed by atoms with van der Waals surface area (Å²) in [5.41, 5.74) is 7.04. The van der Waals surface area contributed by atoms with Crippen molar-refractivity contribution in [3.05, 3.63) is 61.4 Å². The number of rotatable bonds is 4. The van der Waals surface area contributed by atoms with Gasteiger partial charge in [0.2, 0.25) is 0 Å². The zero-order chi connectivity index (χ0) is 17.9. The molecule has 8 heteroatoms. The van der Waals surface area contributed by atoms with Gasteiger partial charge in [0.1, 0.15) is 11.8 Å². The number of carbonyl (C=O) groups excluding carboxylic acids is 1. The molecule has 0 atom stereocenters. The van der Waals surface area contributed by atoms with E-state index in [0.29, 0.717) is 6.54 Å². The van der Waals surface area contributed by atoms with Crippen molar-refractivity contribution in [3.8, 4) is 16.8 Å². The fourth-order valence-electron chi connectivity index (χ4n) is 2.81. The summed E-state index contributed by atoms with van der Waals surface area (Å²) in [5, 5.41) is 7.05. The molecular weight excluding hydrogens is 330 g/mol. The molecule has 0 aliphatic rings. The summed E-state index contributed by atoms with van der Waals surface area (Å²) >= 11 is 0. The van der Waals surface area contributed by atoms with Crippen LogP contribution >= 0.6 is 0 Å². The van der Waals surface area contributed by atoms with Crippen LogP contribution in [0.5, 0.6) is 0 Å². The van der Waals surface area contributed by atoms with Gasteiger partial charge in [0.15, 0.2) is 0 Å². The highest BCUT2D eigenvalue weighted by Crippen LogP contribution is 2.28. The zero-order valence-electron chi connectivity index (χ0n) is 14.1. The molecule has 0 aliphatic carbocycles. The Bertz CT molecular complexity index is 1040. The van der Waals surface area contributed by atoms with E-state index < -0.39 is 0 Å². The van der Waals surface area contributed by atoms with Crippen LogP contribution in [0.4, 0.5) is 4.79 Å². The summed E-state index contributed by atoms with van der Waals surface area (Å²) in [6, 6.07) is 9.40. The summed E-state index contributed by atoms with van der Waals surface area (Å²) in [4.78, 5) is 20.6. The van der Waals surface area contributed by atoms with Crippen molar-refractivity contribution in [2.75, 3.05) is 12.0 Å². The highest BCUT2D eigenvalue weighted by Gasteiger charge is 2.14. The first-order valence-corrected chi connectivity index (χ1v) is 8.22. The van der Waals surface area contributed by atoms with Crippen LogP contribution in [0.2, 0.25) is 0 Å². The zero-order valence-corrected chi connectivity index (χ0v) is 14.1. The van der Waals surface area contributed by atoms with Gasteiger partial charge in [0.05, 0.1) is 11.2 Å². The maximum Gasteiger partial charge on any atom is 0.333 e. The summed E-state index contributed by atoms with van der Waals surface area (Å²) < 4.78 is 3.35. The second-order valence-corrected chi connectivity index (χ2v) is 5.64. The van der Waals surface area contributed by atoms with E-state index in [2.05, 4.69) is 25.8 Å². The van der Waals surface area contributed by atoms with E-state index in [1.54, 1.807) is 34.3 Å². The Hall–Kier alpha value is -3.68. The molecule has 130 valence electrons. The van der Waals surface area contributed by atoms with Crippen LogP contribution in [0.3, 0.4) is 0 Å². The fraction of sp³-hybridized carbons (Fsp3) is 0.111. The van der Waals surface area contributed by atoms with E-state index in [0.717, 1.165) is 27.8 Å². The predicted octanol–water partition coefficient (Wildman–Crippen LogP) is 2.56. The van der Waals surface area contributed by atoms with Gasteiger partial charge in [-0.15, -0.1) is 0 Å². The molecule has 8 nitrogen and oxygen atoms in total. The van der Waals surface area contributed by atoms with E-state index in [-0.39, 0.29) is 6.03 Å². The fourth-order valence-corrected chi connectivity index (χ4v) is 2.81. The molecule has 1 aromatic carbocycles. The van der Waals surface area contributed by atoms with Crippen molar-refractivity contribution in [1.82, 2.24) is 29.7 Å². The minimum absolute atomic E-state index is 0.297. The Morgan fingerprint density at radius 1 is 1.19 bits per heavy atom. The van der Waals surface area contributed by atoms with Crippen molar-refractivity contribution in [2.45, 2.75) is 6.92 Å². The lowest BCUT2D eigenvalue weighted by Crippen LogP contribution is -2.33. The van der Waals surface area contributed by atoms with Crippen molar-refractivity contribution < 1.29 is 4.79 Å². The SMILES string of the molecule is CCNC(=O)Nn1cnc2cc(-c3cccnc3)cc(-n3cccn3)c21. The Morgan fingerprint density at radius 2 is 2.12 bits per heavy atom. The van der Waals surface area contributed by atoms with E-state index >= 15 is 0 Å². The van der Waals surface area contributed by atoms with Gasteiger partial charge >= 0.3 is 6.03 Å². The van der Waals surface area contributed by atoms with Crippen LogP contribution in [0.1, 0.15) is 6.92 Å². The van der Waals surface area contributed by atoms with Crippen LogP contribution in [-0.2, 0) is 0 Å². The number of nitrogens with zero attached hydrogens (tertiary/aromatic N) is 5. The van der Waals surface area contributed by atoms with Gasteiger partial charge in [-0.05, 0) is 36.8 Å². The van der Waals surface area contributed by atoms with Gasteiger partial charge in [-0.25, -0.2) is 24.6 Å². The third-order valence-electron chi connectivity index (χ3n) is 3.93. The Labute approximate surface area is 149 Å². The Morgan fingerprint density at radius 3 is 2.85 bits per heavy atom. The largest absolute Gasteiger partial charge is 0.337 e. The monoisotopic (exact) mass is 347 g/mol. The number of pyridine rings is 1. The van der Waals surface area contributed by atoms with Gasteiger partial charge in [-0.2, -0.15) is 5.10 Å². The average Bonchev–Trinajstić information content (AvgIpc) is 3.32. The first-order chi connectivity index (χ1) is 12.8. The lowest BCUT2D eigenvalue weighted by atomic mass is 10.1. The minimum atomic E-state index is -0.297. The highest BCUT2D eigenvalue weighted by molar-refractivity contribution is 5.92. The minimum Gasteiger partial charge on any atom is -0.337 e. The molecule has 0 saturated heterocycles. The summed E-state index contributed by atoms with van der Waals surface area (Å²) in [6.07, 6.45) is 8.69. The number of amides is 2. The predicted molar refractivity (Wildman–Crippen MR) is 98.5 cm³/mol. The average molecular weight is 347 g/mol. The number of hydrogen-bond acceptors (Lipinski definition) is 4. The molecule has 3 aromatic heterocycles. The van der Waals surface area contributed by atoms with Gasteiger partial charge in [-0.1, -0.05) is 6.07 Å². The summed E-state index contributed by atoms with van der Waals surface area (Å²) in [7, 11) is 0.